The molecule has 1 fully saturated rings. The summed E-state index contributed by atoms with van der Waals surface area (Å²) in [5, 5.41) is 15.7. The van der Waals surface area contributed by atoms with Crippen LogP contribution in [-0.2, 0) is 6.42 Å². The first kappa shape index (κ1) is 22.8. The van der Waals surface area contributed by atoms with Gasteiger partial charge >= 0.3 is 6.03 Å². The number of aliphatic hydroxyl groups is 1. The van der Waals surface area contributed by atoms with Crippen molar-refractivity contribution < 1.29 is 14.3 Å². The fraction of sp³-hybridized carbons (Fsp3) is 0.360. The van der Waals surface area contributed by atoms with Crippen molar-refractivity contribution in [3.05, 3.63) is 71.7 Å². The highest BCUT2D eigenvalue weighted by Gasteiger charge is 2.24. The number of nitrogens with one attached hydrogen (secondary N) is 2. The summed E-state index contributed by atoms with van der Waals surface area (Å²) in [5.74, 6) is 1.36. The lowest BCUT2D eigenvalue weighted by Gasteiger charge is -2.23. The van der Waals surface area contributed by atoms with Crippen molar-refractivity contribution in [3.8, 4) is 0 Å². The van der Waals surface area contributed by atoms with E-state index < -0.39 is 0 Å². The molecule has 8 heteroatoms. The molecule has 174 valence electrons. The van der Waals surface area contributed by atoms with Gasteiger partial charge in [-0.2, -0.15) is 0 Å². The van der Waals surface area contributed by atoms with Crippen LogP contribution in [0.25, 0.3) is 0 Å². The van der Waals surface area contributed by atoms with Crippen molar-refractivity contribution >= 4 is 23.4 Å². The molecule has 0 spiro atoms. The zero-order chi connectivity index (χ0) is 23.2. The Kier molecular flexibility index (Phi) is 7.24. The lowest BCUT2D eigenvalue weighted by molar-refractivity contribution is 0.231. The number of urea groups is 1. The molecule has 0 saturated carbocycles. The maximum atomic E-state index is 13.5. The summed E-state index contributed by atoms with van der Waals surface area (Å²) in [5.41, 5.74) is 2.47. The lowest BCUT2D eigenvalue weighted by Crippen LogP contribution is -2.32. The Morgan fingerprint density at radius 2 is 2.18 bits per heavy atom. The highest BCUT2D eigenvalue weighted by Crippen LogP contribution is 2.28. The number of pyridine rings is 1. The molecule has 0 radical (unpaired) electrons. The van der Waals surface area contributed by atoms with Crippen molar-refractivity contribution in [2.45, 2.75) is 19.8 Å². The quantitative estimate of drug-likeness (QED) is 0.593. The molecule has 7 nitrogen and oxygen atoms in total. The van der Waals surface area contributed by atoms with Gasteiger partial charge in [0.15, 0.2) is 5.82 Å². The molecule has 0 unspecified atom stereocenters. The van der Waals surface area contributed by atoms with E-state index in [2.05, 4.69) is 15.5 Å². The van der Waals surface area contributed by atoms with Crippen LogP contribution in [0, 0.1) is 11.7 Å². The van der Waals surface area contributed by atoms with Crippen LogP contribution in [0.5, 0.6) is 0 Å². The molecular formula is C25H30FN5O2. The van der Waals surface area contributed by atoms with Crippen molar-refractivity contribution in [3.63, 3.8) is 0 Å². The van der Waals surface area contributed by atoms with Crippen molar-refractivity contribution in [1.29, 1.82) is 0 Å². The molecule has 2 aliphatic rings. The fourth-order valence-corrected chi connectivity index (χ4v) is 4.09. The summed E-state index contributed by atoms with van der Waals surface area (Å²) in [6, 6.07) is 10.0. The van der Waals surface area contributed by atoms with Crippen LogP contribution >= 0.6 is 0 Å². The smallest absolute Gasteiger partial charge is 0.326 e. The van der Waals surface area contributed by atoms with Crippen LogP contribution in [0.2, 0.25) is 0 Å². The SMILES string of the molecule is CC1=CN(C(=O)Nc2ccc(N3CC[C@H](CO)C3)nc2NCCc2cccc(F)c2)CC=C1. The summed E-state index contributed by atoms with van der Waals surface area (Å²) in [6.07, 6.45) is 7.28. The van der Waals surface area contributed by atoms with E-state index in [-0.39, 0.29) is 24.4 Å². The summed E-state index contributed by atoms with van der Waals surface area (Å²) in [4.78, 5) is 21.4. The third-order valence-electron chi connectivity index (χ3n) is 5.89. The number of hydrogen-bond acceptors (Lipinski definition) is 5. The number of nitrogens with zero attached hydrogens (tertiary/aromatic N) is 3. The number of allylic oxidation sites excluding steroid dienone is 2. The van der Waals surface area contributed by atoms with E-state index in [1.165, 1.54) is 12.1 Å². The number of carbonyl (C=O) groups is 1. The maximum absolute atomic E-state index is 13.5. The molecule has 2 amide bonds. The van der Waals surface area contributed by atoms with Crippen LogP contribution in [0.15, 0.2) is 60.3 Å². The van der Waals surface area contributed by atoms with Crippen molar-refractivity contribution in [2.75, 3.05) is 48.3 Å². The third-order valence-corrected chi connectivity index (χ3v) is 5.89. The van der Waals surface area contributed by atoms with E-state index in [4.69, 9.17) is 4.98 Å². The Balaban J connectivity index is 1.50. The molecular weight excluding hydrogens is 421 g/mol. The summed E-state index contributed by atoms with van der Waals surface area (Å²) in [7, 11) is 0. The second-order valence-electron chi connectivity index (χ2n) is 8.51. The van der Waals surface area contributed by atoms with E-state index >= 15 is 0 Å². The molecule has 33 heavy (non-hydrogen) atoms. The number of carbonyl (C=O) groups excluding carboxylic acids is 1. The number of aromatic nitrogens is 1. The molecule has 2 aromatic rings. The molecule has 0 bridgehead atoms. The molecule has 1 atom stereocenters. The average Bonchev–Trinajstić information content (AvgIpc) is 3.29. The van der Waals surface area contributed by atoms with Gasteiger partial charge in [-0.1, -0.05) is 24.3 Å². The maximum Gasteiger partial charge on any atom is 0.326 e. The van der Waals surface area contributed by atoms with Gasteiger partial charge in [-0.05, 0) is 55.2 Å². The summed E-state index contributed by atoms with van der Waals surface area (Å²) < 4.78 is 13.5. The Morgan fingerprint density at radius 3 is 2.94 bits per heavy atom. The predicted molar refractivity (Wildman–Crippen MR) is 129 cm³/mol. The number of rotatable bonds is 7. The average molecular weight is 452 g/mol. The second kappa shape index (κ2) is 10.5. The van der Waals surface area contributed by atoms with E-state index in [1.807, 2.05) is 43.5 Å². The summed E-state index contributed by atoms with van der Waals surface area (Å²) >= 11 is 0. The number of amides is 2. The zero-order valence-electron chi connectivity index (χ0n) is 18.8. The topological polar surface area (TPSA) is 80.7 Å². The number of aliphatic hydroxyl groups excluding tert-OH is 1. The fourth-order valence-electron chi connectivity index (χ4n) is 4.09. The van der Waals surface area contributed by atoms with Gasteiger partial charge in [0.2, 0.25) is 0 Å². The van der Waals surface area contributed by atoms with Crippen LogP contribution < -0.4 is 15.5 Å². The minimum Gasteiger partial charge on any atom is -0.396 e. The normalized spacial score (nSPS) is 17.8. The Bertz CT molecular complexity index is 1050. The van der Waals surface area contributed by atoms with E-state index in [9.17, 15) is 14.3 Å². The van der Waals surface area contributed by atoms with Gasteiger partial charge < -0.3 is 20.6 Å². The van der Waals surface area contributed by atoms with Gasteiger partial charge in [0.25, 0.3) is 0 Å². The van der Waals surface area contributed by atoms with Crippen molar-refractivity contribution in [2.24, 2.45) is 5.92 Å². The number of anilines is 3. The molecule has 1 saturated heterocycles. The van der Waals surface area contributed by atoms with Gasteiger partial charge in [0.05, 0.1) is 5.69 Å². The van der Waals surface area contributed by atoms with Gasteiger partial charge in [-0.3, -0.25) is 4.90 Å². The first-order valence-corrected chi connectivity index (χ1v) is 11.3. The van der Waals surface area contributed by atoms with Gasteiger partial charge in [0, 0.05) is 44.9 Å². The summed E-state index contributed by atoms with van der Waals surface area (Å²) in [6.45, 7) is 4.74. The highest BCUT2D eigenvalue weighted by atomic mass is 19.1. The highest BCUT2D eigenvalue weighted by molar-refractivity contribution is 5.93. The van der Waals surface area contributed by atoms with Crippen LogP contribution in [0.4, 0.5) is 26.5 Å². The molecule has 1 aromatic carbocycles. The first-order valence-electron chi connectivity index (χ1n) is 11.3. The Labute approximate surface area is 193 Å². The molecule has 1 aromatic heterocycles. The van der Waals surface area contributed by atoms with Gasteiger partial charge in [-0.25, -0.2) is 14.2 Å². The Morgan fingerprint density at radius 1 is 1.30 bits per heavy atom. The first-order chi connectivity index (χ1) is 16.0. The van der Waals surface area contributed by atoms with Crippen LogP contribution in [-0.4, -0.2) is 53.8 Å². The third kappa shape index (κ3) is 5.90. The standard InChI is InChI=1S/C25H30FN5O2/c1-18-4-3-12-31(15-18)25(33)28-22-7-8-23(30-13-10-20(16-30)17-32)29-24(22)27-11-9-19-5-2-6-21(26)14-19/h2-8,14-15,20,32H,9-13,16-17H2,1H3,(H,27,29)(H,28,33)/t20-/m0/s1. The number of hydrogen-bond donors (Lipinski definition) is 3. The molecule has 4 rings (SSSR count). The molecule has 3 heterocycles. The minimum atomic E-state index is -0.257. The lowest BCUT2D eigenvalue weighted by atomic mass is 10.1. The van der Waals surface area contributed by atoms with E-state index in [1.54, 1.807) is 11.0 Å². The van der Waals surface area contributed by atoms with E-state index in [0.717, 1.165) is 36.5 Å². The predicted octanol–water partition coefficient (Wildman–Crippen LogP) is 4.00. The molecule has 3 N–H and O–H groups in total. The molecule has 2 aliphatic heterocycles. The molecule has 0 aliphatic carbocycles. The largest absolute Gasteiger partial charge is 0.396 e. The zero-order valence-corrected chi connectivity index (χ0v) is 18.8. The van der Waals surface area contributed by atoms with Crippen LogP contribution in [0.3, 0.4) is 0 Å². The van der Waals surface area contributed by atoms with Crippen molar-refractivity contribution in [1.82, 2.24) is 9.88 Å². The number of benzene rings is 1. The van der Waals surface area contributed by atoms with E-state index in [0.29, 0.717) is 31.0 Å². The number of halogens is 1. The second-order valence-corrected chi connectivity index (χ2v) is 8.51. The van der Waals surface area contributed by atoms with Crippen LogP contribution in [0.1, 0.15) is 18.9 Å². The minimum absolute atomic E-state index is 0.167. The van der Waals surface area contributed by atoms with Gasteiger partial charge in [0.1, 0.15) is 11.6 Å². The monoisotopic (exact) mass is 451 g/mol. The van der Waals surface area contributed by atoms with Gasteiger partial charge in [-0.15, -0.1) is 0 Å². The Hall–Kier alpha value is -3.39.